The van der Waals surface area contributed by atoms with Crippen molar-refractivity contribution in [3.63, 3.8) is 0 Å². The Morgan fingerprint density at radius 2 is 1.80 bits per heavy atom. The Bertz CT molecular complexity index is 1650. The summed E-state index contributed by atoms with van der Waals surface area (Å²) in [7, 11) is 9.51. The van der Waals surface area contributed by atoms with E-state index in [4.69, 9.17) is 20.7 Å². The van der Waals surface area contributed by atoms with Crippen LogP contribution in [0, 0.1) is 0 Å². The van der Waals surface area contributed by atoms with Crippen LogP contribution in [0.25, 0.3) is 11.3 Å². The third-order valence-corrected chi connectivity index (χ3v) is 10.1. The number of amidine groups is 2. The van der Waals surface area contributed by atoms with Gasteiger partial charge in [-0.1, -0.05) is 57.7 Å². The molecule has 2 aliphatic heterocycles. The first-order valence-corrected chi connectivity index (χ1v) is 17.0. The van der Waals surface area contributed by atoms with Gasteiger partial charge in [0.25, 0.3) is 15.9 Å². The topological polar surface area (TPSA) is 104 Å². The highest BCUT2D eigenvalue weighted by atomic mass is 32.2. The lowest BCUT2D eigenvalue weighted by molar-refractivity contribution is -0.132. The van der Waals surface area contributed by atoms with Crippen LogP contribution in [0.1, 0.15) is 89.7 Å². The number of carbonyl (C=O) groups is 1. The van der Waals surface area contributed by atoms with Gasteiger partial charge in [0, 0.05) is 18.2 Å². The quantitative estimate of drug-likeness (QED) is 0.351. The molecule has 3 aliphatic rings. The Balaban J connectivity index is 1.55. The summed E-state index contributed by atoms with van der Waals surface area (Å²) in [6.07, 6.45) is 9.44. The Morgan fingerprint density at radius 1 is 1.09 bits per heavy atom. The third-order valence-electron chi connectivity index (χ3n) is 8.73. The Labute approximate surface area is 262 Å². The number of sulfonamides is 1. The van der Waals surface area contributed by atoms with Crippen molar-refractivity contribution in [3.05, 3.63) is 59.1 Å². The minimum atomic E-state index is -4.24. The number of rotatable bonds is 11. The standard InChI is InChI=1S/C32H38B2FN5O3S/c1-4-6-11-22-19-23(32(33,34)40-26(13-7-5-2)38-31(30(40)41)16-8-9-17-31)14-15-24(22)28-25(12-10-18-36-28)44(42,43)39-29-27(35)21(3)20-37-29/h10,12,14-15,18-19H,4-9,11,13,16-17,20H2,1-3H3,(H,37,39). The van der Waals surface area contributed by atoms with Gasteiger partial charge in [0.2, 0.25) is 0 Å². The molecular formula is C32H38B2FN5O3S. The number of benzene rings is 1. The number of unbranched alkanes of at least 4 members (excludes halogenated alkanes) is 2. The predicted molar refractivity (Wildman–Crippen MR) is 173 cm³/mol. The second-order valence-electron chi connectivity index (χ2n) is 12.0. The molecule has 1 fully saturated rings. The van der Waals surface area contributed by atoms with E-state index in [9.17, 15) is 17.6 Å². The number of aromatic nitrogens is 1. The number of hydrogen-bond donors (Lipinski definition) is 1. The molecular weight excluding hydrogens is 575 g/mol. The molecule has 44 heavy (non-hydrogen) atoms. The minimum absolute atomic E-state index is 0.0949. The zero-order valence-corrected chi connectivity index (χ0v) is 26.5. The van der Waals surface area contributed by atoms with Gasteiger partial charge in [-0.05, 0) is 73.2 Å². The number of pyridine rings is 1. The number of nitrogens with zero attached hydrogens (tertiary/aromatic N) is 4. The second-order valence-corrected chi connectivity index (χ2v) is 13.7. The van der Waals surface area contributed by atoms with E-state index >= 15 is 0 Å². The maximum absolute atomic E-state index is 14.5. The zero-order valence-electron chi connectivity index (χ0n) is 25.7. The first-order chi connectivity index (χ1) is 20.9. The zero-order chi connectivity index (χ0) is 31.7. The van der Waals surface area contributed by atoms with Gasteiger partial charge in [-0.15, -0.1) is 0 Å². The van der Waals surface area contributed by atoms with E-state index in [-0.39, 0.29) is 28.9 Å². The van der Waals surface area contributed by atoms with E-state index in [0.717, 1.165) is 44.1 Å². The summed E-state index contributed by atoms with van der Waals surface area (Å²) in [5, 5.41) is -1.67. The van der Waals surface area contributed by atoms with E-state index < -0.39 is 26.7 Å². The van der Waals surface area contributed by atoms with Crippen molar-refractivity contribution in [2.45, 2.75) is 101 Å². The number of nitrogens with one attached hydrogen (secondary N) is 1. The molecule has 228 valence electrons. The van der Waals surface area contributed by atoms with Gasteiger partial charge >= 0.3 is 0 Å². The predicted octanol–water partition coefficient (Wildman–Crippen LogP) is 5.22. The molecule has 0 unspecified atom stereocenters. The van der Waals surface area contributed by atoms with Gasteiger partial charge in [0.05, 0.1) is 27.9 Å². The summed E-state index contributed by atoms with van der Waals surface area (Å²) in [5.41, 5.74) is 1.66. The molecule has 0 bridgehead atoms. The van der Waals surface area contributed by atoms with Crippen LogP contribution in [-0.4, -0.2) is 63.7 Å². The van der Waals surface area contributed by atoms with Gasteiger partial charge in [0.15, 0.2) is 11.7 Å². The van der Waals surface area contributed by atoms with Crippen LogP contribution in [0.5, 0.6) is 0 Å². The highest BCUT2D eigenvalue weighted by Crippen LogP contribution is 2.43. The molecule has 1 aliphatic carbocycles. The highest BCUT2D eigenvalue weighted by Gasteiger charge is 2.53. The molecule has 0 saturated heterocycles. The first-order valence-electron chi connectivity index (χ1n) is 15.5. The Morgan fingerprint density at radius 3 is 2.45 bits per heavy atom. The van der Waals surface area contributed by atoms with E-state index in [2.05, 4.69) is 28.5 Å². The molecule has 1 saturated carbocycles. The van der Waals surface area contributed by atoms with Gasteiger partial charge in [-0.3, -0.25) is 24.5 Å². The number of aryl methyl sites for hydroxylation is 1. The number of carbonyl (C=O) groups excluding carboxylic acids is 1. The molecule has 5 rings (SSSR count). The molecule has 1 aromatic carbocycles. The fraction of sp³-hybridized carbons (Fsp3) is 0.500. The largest absolute Gasteiger partial charge is 0.306 e. The highest BCUT2D eigenvalue weighted by molar-refractivity contribution is 7.90. The van der Waals surface area contributed by atoms with Gasteiger partial charge in [-0.2, -0.15) is 0 Å². The smallest absolute Gasteiger partial charge is 0.265 e. The van der Waals surface area contributed by atoms with Gasteiger partial charge < -0.3 is 4.90 Å². The van der Waals surface area contributed by atoms with Crippen molar-refractivity contribution in [2.75, 3.05) is 6.54 Å². The molecule has 3 heterocycles. The van der Waals surface area contributed by atoms with E-state index in [1.165, 1.54) is 23.2 Å². The van der Waals surface area contributed by atoms with Crippen LogP contribution >= 0.6 is 0 Å². The van der Waals surface area contributed by atoms with Crippen molar-refractivity contribution >= 4 is 43.3 Å². The molecule has 12 heteroatoms. The summed E-state index contributed by atoms with van der Waals surface area (Å²) in [5.74, 6) is -0.517. The molecule has 1 amide bonds. The summed E-state index contributed by atoms with van der Waals surface area (Å²) in [6.45, 7) is 5.81. The van der Waals surface area contributed by atoms with E-state index in [1.54, 1.807) is 19.1 Å². The van der Waals surface area contributed by atoms with Crippen LogP contribution in [0.4, 0.5) is 4.39 Å². The molecule has 8 nitrogen and oxygen atoms in total. The Kier molecular flexibility index (Phi) is 9.21. The van der Waals surface area contributed by atoms with Crippen molar-refractivity contribution in [1.82, 2.24) is 14.6 Å². The van der Waals surface area contributed by atoms with Crippen LogP contribution < -0.4 is 4.72 Å². The van der Waals surface area contributed by atoms with E-state index in [0.29, 0.717) is 48.2 Å². The molecule has 2 aromatic rings. The fourth-order valence-electron chi connectivity index (χ4n) is 6.22. The van der Waals surface area contributed by atoms with Crippen LogP contribution in [0.2, 0.25) is 0 Å². The molecule has 1 spiro atoms. The number of aliphatic imine (C=N–C) groups is 2. The fourth-order valence-corrected chi connectivity index (χ4v) is 7.42. The summed E-state index contributed by atoms with van der Waals surface area (Å²) >= 11 is 0. The normalized spacial score (nSPS) is 18.4. The number of hydrogen-bond acceptors (Lipinski definition) is 6. The lowest BCUT2D eigenvalue weighted by atomic mass is 9.56. The summed E-state index contributed by atoms with van der Waals surface area (Å²) in [6, 6.07) is 8.28. The lowest BCUT2D eigenvalue weighted by Gasteiger charge is -2.40. The molecule has 1 N–H and O–H groups in total. The maximum Gasteiger partial charge on any atom is 0.265 e. The SMILES string of the molecule is [B]C([B])(c1ccc(-c2ncccc2S(=O)(=O)NC2=NCC(C)=C2F)c(CCCC)c1)N1C(=O)C2(CCCC2)N=C1CCCC. The average molecular weight is 613 g/mol. The first kappa shape index (κ1) is 32.1. The van der Waals surface area contributed by atoms with Crippen molar-refractivity contribution in [1.29, 1.82) is 0 Å². The average Bonchev–Trinajstić information content (AvgIpc) is 3.69. The maximum atomic E-state index is 14.5. The van der Waals surface area contributed by atoms with E-state index in [1.807, 2.05) is 6.07 Å². The number of halogens is 1. The van der Waals surface area contributed by atoms with Crippen LogP contribution in [-0.2, 0) is 26.6 Å². The monoisotopic (exact) mass is 613 g/mol. The van der Waals surface area contributed by atoms with Gasteiger partial charge in [-0.25, -0.2) is 12.8 Å². The van der Waals surface area contributed by atoms with Gasteiger partial charge in [0.1, 0.15) is 16.3 Å². The number of amides is 1. The van der Waals surface area contributed by atoms with Crippen LogP contribution in [0.3, 0.4) is 0 Å². The minimum Gasteiger partial charge on any atom is -0.306 e. The van der Waals surface area contributed by atoms with Crippen LogP contribution in [0.15, 0.2) is 62.8 Å². The third kappa shape index (κ3) is 5.89. The molecule has 4 radical (unpaired) electrons. The molecule has 1 aromatic heterocycles. The summed E-state index contributed by atoms with van der Waals surface area (Å²) in [4.78, 5) is 28.7. The van der Waals surface area contributed by atoms with Crippen molar-refractivity contribution < 1.29 is 17.6 Å². The Hall–Kier alpha value is -3.27. The second kappa shape index (κ2) is 12.6. The lowest BCUT2D eigenvalue weighted by Crippen LogP contribution is -2.54. The molecule has 0 atom stereocenters. The van der Waals surface area contributed by atoms with Crippen molar-refractivity contribution in [3.8, 4) is 11.3 Å². The van der Waals surface area contributed by atoms with Crippen molar-refractivity contribution in [2.24, 2.45) is 9.98 Å². The summed E-state index contributed by atoms with van der Waals surface area (Å²) < 4.78 is 43.9.